The predicted octanol–water partition coefficient (Wildman–Crippen LogP) is 3.97. The van der Waals surface area contributed by atoms with Crippen LogP contribution in [-0.2, 0) is 0 Å². The van der Waals surface area contributed by atoms with Gasteiger partial charge in [-0.25, -0.2) is 0 Å². The number of rotatable bonds is 3. The van der Waals surface area contributed by atoms with Crippen molar-refractivity contribution in [3.8, 4) is 6.07 Å². The number of nitrogen functional groups attached to an aromatic ring is 1. The largest absolute Gasteiger partial charge is 0.399 e. The van der Waals surface area contributed by atoms with Crippen molar-refractivity contribution in [1.82, 2.24) is 0 Å². The Hall–Kier alpha value is -2.18. The number of hydrogen-bond acceptors (Lipinski definition) is 3. The van der Waals surface area contributed by atoms with Crippen molar-refractivity contribution in [2.75, 3.05) is 11.1 Å². The van der Waals surface area contributed by atoms with Gasteiger partial charge in [-0.05, 0) is 42.8 Å². The van der Waals surface area contributed by atoms with Gasteiger partial charge in [0.1, 0.15) is 6.07 Å². The number of benzene rings is 2. The summed E-state index contributed by atoms with van der Waals surface area (Å²) in [7, 11) is 0. The summed E-state index contributed by atoms with van der Waals surface area (Å²) in [6.45, 7) is 2.02. The first kappa shape index (κ1) is 13.3. The highest BCUT2D eigenvalue weighted by molar-refractivity contribution is 6.30. The molecule has 0 heterocycles. The first-order chi connectivity index (χ1) is 9.10. The molecule has 3 nitrogen and oxygen atoms in total. The Morgan fingerprint density at radius 2 is 2.05 bits per heavy atom. The molecule has 19 heavy (non-hydrogen) atoms. The minimum absolute atomic E-state index is 0.0526. The second kappa shape index (κ2) is 5.64. The van der Waals surface area contributed by atoms with Gasteiger partial charge in [-0.2, -0.15) is 5.26 Å². The number of nitriles is 1. The lowest BCUT2D eigenvalue weighted by Gasteiger charge is -2.17. The Morgan fingerprint density at radius 3 is 2.74 bits per heavy atom. The summed E-state index contributed by atoms with van der Waals surface area (Å²) in [4.78, 5) is 0. The van der Waals surface area contributed by atoms with Crippen molar-refractivity contribution < 1.29 is 0 Å². The van der Waals surface area contributed by atoms with Gasteiger partial charge >= 0.3 is 0 Å². The Labute approximate surface area is 117 Å². The van der Waals surface area contributed by atoms with Crippen molar-refractivity contribution >= 4 is 23.0 Å². The summed E-state index contributed by atoms with van der Waals surface area (Å²) in [5.74, 6) is 0. The molecule has 2 aromatic carbocycles. The summed E-state index contributed by atoms with van der Waals surface area (Å²) < 4.78 is 0. The Kier molecular flexibility index (Phi) is 3.94. The van der Waals surface area contributed by atoms with Crippen molar-refractivity contribution in [1.29, 1.82) is 5.26 Å². The van der Waals surface area contributed by atoms with E-state index in [9.17, 15) is 0 Å². The maximum atomic E-state index is 9.10. The van der Waals surface area contributed by atoms with Crippen LogP contribution >= 0.6 is 11.6 Å². The summed E-state index contributed by atoms with van der Waals surface area (Å²) in [5.41, 5.74) is 8.86. The highest BCUT2D eigenvalue weighted by Gasteiger charge is 2.09. The standard InChI is InChI=1S/C15H14ClN3/c1-10(11-3-2-4-14(18)8-11)19-15-6-5-13(16)7-12(15)9-17/h2-8,10,19H,18H2,1H3. The fraction of sp³-hybridized carbons (Fsp3) is 0.133. The Bertz CT molecular complexity index is 632. The number of hydrogen-bond donors (Lipinski definition) is 2. The summed E-state index contributed by atoms with van der Waals surface area (Å²) in [6, 6.07) is 15.1. The SMILES string of the molecule is CC(Nc1ccc(Cl)cc1C#N)c1cccc(N)c1. The van der Waals surface area contributed by atoms with Crippen LogP contribution < -0.4 is 11.1 Å². The van der Waals surface area contributed by atoms with Gasteiger partial charge in [0.25, 0.3) is 0 Å². The molecule has 2 rings (SSSR count). The van der Waals surface area contributed by atoms with Crippen LogP contribution in [0, 0.1) is 11.3 Å². The molecule has 96 valence electrons. The first-order valence-corrected chi connectivity index (χ1v) is 6.29. The predicted molar refractivity (Wildman–Crippen MR) is 79.1 cm³/mol. The van der Waals surface area contributed by atoms with Crippen LogP contribution in [-0.4, -0.2) is 0 Å². The highest BCUT2D eigenvalue weighted by atomic mass is 35.5. The van der Waals surface area contributed by atoms with Gasteiger partial charge < -0.3 is 11.1 Å². The molecule has 0 bridgehead atoms. The van der Waals surface area contributed by atoms with Gasteiger partial charge in [-0.1, -0.05) is 23.7 Å². The fourth-order valence-corrected chi connectivity index (χ4v) is 2.05. The van der Waals surface area contributed by atoms with Gasteiger partial charge in [0, 0.05) is 16.8 Å². The zero-order valence-corrected chi connectivity index (χ0v) is 11.3. The molecular formula is C15H14ClN3. The summed E-state index contributed by atoms with van der Waals surface area (Å²) in [5, 5.41) is 13.0. The molecule has 1 unspecified atom stereocenters. The molecule has 0 aliphatic rings. The monoisotopic (exact) mass is 271 g/mol. The number of nitrogens with two attached hydrogens (primary N) is 1. The second-order valence-corrected chi connectivity index (χ2v) is 4.77. The molecule has 0 aromatic heterocycles. The number of halogens is 1. The molecule has 0 fully saturated rings. The van der Waals surface area contributed by atoms with Gasteiger partial charge in [-0.15, -0.1) is 0 Å². The lowest BCUT2D eigenvalue weighted by atomic mass is 10.1. The highest BCUT2D eigenvalue weighted by Crippen LogP contribution is 2.25. The smallest absolute Gasteiger partial charge is 0.101 e. The summed E-state index contributed by atoms with van der Waals surface area (Å²) >= 11 is 5.87. The molecule has 0 saturated carbocycles. The van der Waals surface area contributed by atoms with Crippen LogP contribution in [0.3, 0.4) is 0 Å². The van der Waals surface area contributed by atoms with Crippen LogP contribution in [0.25, 0.3) is 0 Å². The van der Waals surface area contributed by atoms with Crippen molar-refractivity contribution in [3.63, 3.8) is 0 Å². The normalized spacial score (nSPS) is 11.6. The lowest BCUT2D eigenvalue weighted by Crippen LogP contribution is -2.08. The quantitative estimate of drug-likeness (QED) is 0.831. The van der Waals surface area contributed by atoms with E-state index in [1.807, 2.05) is 37.3 Å². The molecule has 0 saturated heterocycles. The second-order valence-electron chi connectivity index (χ2n) is 4.34. The maximum absolute atomic E-state index is 9.10. The third-order valence-electron chi connectivity index (χ3n) is 2.88. The third-order valence-corrected chi connectivity index (χ3v) is 3.12. The minimum Gasteiger partial charge on any atom is -0.399 e. The van der Waals surface area contributed by atoms with Crippen LogP contribution in [0.15, 0.2) is 42.5 Å². The Morgan fingerprint density at radius 1 is 1.26 bits per heavy atom. The van der Waals surface area contributed by atoms with Crippen LogP contribution in [0.5, 0.6) is 0 Å². The molecule has 0 radical (unpaired) electrons. The van der Waals surface area contributed by atoms with E-state index < -0.39 is 0 Å². The first-order valence-electron chi connectivity index (χ1n) is 5.92. The van der Waals surface area contributed by atoms with E-state index >= 15 is 0 Å². The maximum Gasteiger partial charge on any atom is 0.101 e. The molecule has 2 aromatic rings. The topological polar surface area (TPSA) is 61.8 Å². The number of nitrogens with zero attached hydrogens (tertiary/aromatic N) is 1. The zero-order valence-electron chi connectivity index (χ0n) is 10.5. The van der Waals surface area contributed by atoms with E-state index in [4.69, 9.17) is 22.6 Å². The molecule has 0 aliphatic heterocycles. The average Bonchev–Trinajstić information content (AvgIpc) is 2.40. The third kappa shape index (κ3) is 3.18. The Balaban J connectivity index is 2.24. The van der Waals surface area contributed by atoms with Crippen molar-refractivity contribution in [2.24, 2.45) is 0 Å². The van der Waals surface area contributed by atoms with Crippen LogP contribution in [0.4, 0.5) is 11.4 Å². The van der Waals surface area contributed by atoms with E-state index in [-0.39, 0.29) is 6.04 Å². The molecule has 3 N–H and O–H groups in total. The van der Waals surface area contributed by atoms with Gasteiger partial charge in [0.05, 0.1) is 11.3 Å². The fourth-order valence-electron chi connectivity index (χ4n) is 1.88. The molecule has 1 atom stereocenters. The summed E-state index contributed by atoms with van der Waals surface area (Å²) in [6.07, 6.45) is 0. The van der Waals surface area contributed by atoms with Crippen LogP contribution in [0.2, 0.25) is 5.02 Å². The van der Waals surface area contributed by atoms with E-state index in [0.717, 1.165) is 16.9 Å². The minimum atomic E-state index is 0.0526. The number of nitrogens with one attached hydrogen (secondary N) is 1. The number of anilines is 2. The molecule has 0 amide bonds. The average molecular weight is 272 g/mol. The van der Waals surface area contributed by atoms with Crippen molar-refractivity contribution in [3.05, 3.63) is 58.6 Å². The van der Waals surface area contributed by atoms with E-state index in [0.29, 0.717) is 10.6 Å². The lowest BCUT2D eigenvalue weighted by molar-refractivity contribution is 0.884. The van der Waals surface area contributed by atoms with E-state index in [1.165, 1.54) is 0 Å². The zero-order chi connectivity index (χ0) is 13.8. The molecule has 0 spiro atoms. The van der Waals surface area contributed by atoms with Crippen molar-refractivity contribution in [2.45, 2.75) is 13.0 Å². The molecular weight excluding hydrogens is 258 g/mol. The van der Waals surface area contributed by atoms with Gasteiger partial charge in [0.2, 0.25) is 0 Å². The molecule has 0 aliphatic carbocycles. The van der Waals surface area contributed by atoms with E-state index in [2.05, 4.69) is 11.4 Å². The van der Waals surface area contributed by atoms with E-state index in [1.54, 1.807) is 12.1 Å². The molecule has 4 heteroatoms. The van der Waals surface area contributed by atoms with Crippen LogP contribution in [0.1, 0.15) is 24.1 Å². The van der Waals surface area contributed by atoms with Gasteiger partial charge in [0.15, 0.2) is 0 Å². The van der Waals surface area contributed by atoms with Gasteiger partial charge in [-0.3, -0.25) is 0 Å².